The Morgan fingerprint density at radius 1 is 0.646 bits per heavy atom. The van der Waals surface area contributed by atoms with E-state index in [0.717, 1.165) is 41.7 Å². The monoisotopic (exact) mass is 712 g/mol. The molecule has 0 spiro atoms. The molecule has 8 bridgehead atoms. The third-order valence-corrected chi connectivity index (χ3v) is 23.3. The van der Waals surface area contributed by atoms with Crippen LogP contribution in [0.25, 0.3) is 0 Å². The molecule has 8 aliphatic carbocycles. The first-order valence-corrected chi connectivity index (χ1v) is 28.9. The lowest BCUT2D eigenvalue weighted by molar-refractivity contribution is -0.158. The highest BCUT2D eigenvalue weighted by atomic mass is 31.1. The van der Waals surface area contributed by atoms with Crippen molar-refractivity contribution in [2.45, 2.75) is 128 Å². The Kier molecular flexibility index (Phi) is 7.75. The molecule has 6 heteroatoms. The van der Waals surface area contributed by atoms with E-state index in [1.54, 1.807) is 10.8 Å². The Bertz CT molecular complexity index is 1510. The summed E-state index contributed by atoms with van der Waals surface area (Å²) in [5.41, 5.74) is 7.27. The van der Waals surface area contributed by atoms with Crippen LogP contribution in [0.2, 0.25) is 39.3 Å². The fourth-order valence-electron chi connectivity index (χ4n) is 14.2. The van der Waals surface area contributed by atoms with Crippen LogP contribution >= 0.6 is 17.2 Å². The molecule has 1 unspecified atom stereocenters. The minimum atomic E-state index is -1.63. The van der Waals surface area contributed by atoms with Crippen molar-refractivity contribution in [2.75, 3.05) is 0 Å². The van der Waals surface area contributed by atoms with Crippen LogP contribution in [-0.2, 0) is 11.3 Å². The summed E-state index contributed by atoms with van der Waals surface area (Å²) in [6.45, 7) is 15.8. The molecular weight excluding hydrogens is 651 g/mol. The molecule has 0 amide bonds. The van der Waals surface area contributed by atoms with Crippen molar-refractivity contribution in [3.63, 3.8) is 0 Å². The zero-order valence-corrected chi connectivity index (χ0v) is 34.8. The van der Waals surface area contributed by atoms with Crippen molar-refractivity contribution in [3.8, 4) is 0 Å². The van der Waals surface area contributed by atoms with Gasteiger partial charge in [-0.3, -0.25) is 0 Å². The van der Waals surface area contributed by atoms with Gasteiger partial charge in [-0.1, -0.05) is 61.8 Å². The normalized spacial score (nSPS) is 36.7. The maximum absolute atomic E-state index is 3.96. The summed E-state index contributed by atoms with van der Waals surface area (Å²) in [7, 11) is 0.170. The second-order valence-electron chi connectivity index (χ2n) is 20.5. The molecule has 2 N–H and O–H groups in total. The van der Waals surface area contributed by atoms with Crippen LogP contribution in [0.1, 0.15) is 88.2 Å². The molecule has 2 nitrogen and oxygen atoms in total. The molecular formula is C42H62N2P2Si2. The van der Waals surface area contributed by atoms with Gasteiger partial charge in [0.25, 0.3) is 0 Å². The van der Waals surface area contributed by atoms with Crippen LogP contribution in [0.4, 0.5) is 0 Å². The van der Waals surface area contributed by atoms with Gasteiger partial charge in [-0.25, -0.2) is 0 Å². The Morgan fingerprint density at radius 3 is 1.35 bits per heavy atom. The molecule has 8 saturated carbocycles. The smallest absolute Gasteiger partial charge is 0.0774 e. The average Bonchev–Trinajstić information content (AvgIpc) is 3.72. The standard InChI is InChI=1S/C42H62N2P2Si2/c1-47(2,3)36-19-34(27-46(38-9-7-11-43-38)39-10-8-12-44-39)35(20-37(36)48(4,5)6)42(45,40-21-28-13-29(22-40)15-30(14-28)23-40)41-24-31-16-32(25-41)18-33(17-31)26-41/h7-12,19-20,28-33,43-44H,13-18,21-27,45H2,1-6H3. The molecule has 2 aromatic heterocycles. The van der Waals surface area contributed by atoms with Crippen LogP contribution in [0.5, 0.6) is 0 Å². The number of benzene rings is 1. The molecule has 8 aliphatic rings. The SMILES string of the molecule is C[Si](C)(C)c1cc(CP(c2ccc[nH]2)c2ccc[nH]2)c(C(P)(C23CC4CC(CC(C4)C2)C3)C23CC4CC(CC(C4)C2)C3)cc1[Si](C)(C)C. The number of nitrogens with one attached hydrogen (secondary N) is 2. The maximum atomic E-state index is 3.96. The fourth-order valence-corrected chi connectivity index (χ4v) is 22.5. The van der Waals surface area contributed by atoms with Crippen LogP contribution in [-0.4, -0.2) is 26.1 Å². The van der Waals surface area contributed by atoms with Gasteiger partial charge >= 0.3 is 0 Å². The molecule has 1 aromatic carbocycles. The van der Waals surface area contributed by atoms with E-state index in [1.165, 1.54) is 87.9 Å². The van der Waals surface area contributed by atoms with Gasteiger partial charge in [0, 0.05) is 34.6 Å². The highest BCUT2D eigenvalue weighted by molar-refractivity contribution is 7.71. The van der Waals surface area contributed by atoms with Crippen LogP contribution in [0, 0.1) is 46.3 Å². The molecule has 0 aliphatic heterocycles. The molecule has 0 saturated heterocycles. The topological polar surface area (TPSA) is 31.6 Å². The summed E-state index contributed by atoms with van der Waals surface area (Å²) in [6.07, 6.45) is 23.7. The number of rotatable bonds is 9. The summed E-state index contributed by atoms with van der Waals surface area (Å²) in [5.74, 6) is 5.84. The Hall–Kier alpha value is -0.926. The lowest BCUT2D eigenvalue weighted by atomic mass is 9.37. The van der Waals surface area contributed by atoms with Gasteiger partial charge in [-0.15, -0.1) is 9.24 Å². The van der Waals surface area contributed by atoms with E-state index >= 15 is 0 Å². The Morgan fingerprint density at radius 2 is 1.02 bits per heavy atom. The summed E-state index contributed by atoms with van der Waals surface area (Å²) in [6, 6.07) is 15.1. The van der Waals surface area contributed by atoms with Crippen molar-refractivity contribution >= 4 is 54.6 Å². The number of hydrogen-bond donors (Lipinski definition) is 2. The predicted molar refractivity (Wildman–Crippen MR) is 216 cm³/mol. The summed E-state index contributed by atoms with van der Waals surface area (Å²) < 4.78 is 0. The Labute approximate surface area is 297 Å². The maximum Gasteiger partial charge on any atom is 0.0774 e. The van der Waals surface area contributed by atoms with Crippen LogP contribution < -0.4 is 21.2 Å². The zero-order chi connectivity index (χ0) is 33.3. The molecule has 11 rings (SSSR count). The van der Waals surface area contributed by atoms with Crippen molar-refractivity contribution in [1.29, 1.82) is 0 Å². The van der Waals surface area contributed by atoms with E-state index in [0.29, 0.717) is 10.8 Å². The van der Waals surface area contributed by atoms with E-state index in [2.05, 4.69) is 107 Å². The van der Waals surface area contributed by atoms with Crippen LogP contribution in [0.15, 0.2) is 48.8 Å². The number of aromatic amines is 2. The van der Waals surface area contributed by atoms with Gasteiger partial charge in [0.15, 0.2) is 0 Å². The molecule has 258 valence electrons. The molecule has 3 aromatic rings. The third-order valence-electron chi connectivity index (χ3n) is 15.1. The quantitative estimate of drug-likeness (QED) is 0.164. The fraction of sp³-hybridized carbons (Fsp3) is 0.667. The van der Waals surface area contributed by atoms with Crippen molar-refractivity contribution in [2.24, 2.45) is 46.3 Å². The van der Waals surface area contributed by atoms with Crippen molar-refractivity contribution < 1.29 is 0 Å². The van der Waals surface area contributed by atoms with Crippen molar-refractivity contribution in [1.82, 2.24) is 9.97 Å². The largest absolute Gasteiger partial charge is 0.361 e. The number of hydrogen-bond acceptors (Lipinski definition) is 0. The van der Waals surface area contributed by atoms with Gasteiger partial charge in [0.05, 0.1) is 16.1 Å². The average molecular weight is 713 g/mol. The van der Waals surface area contributed by atoms with E-state index in [9.17, 15) is 0 Å². The van der Waals surface area contributed by atoms with E-state index < -0.39 is 24.1 Å². The van der Waals surface area contributed by atoms with Gasteiger partial charge in [0.2, 0.25) is 0 Å². The lowest BCUT2D eigenvalue weighted by Crippen LogP contribution is -2.65. The minimum Gasteiger partial charge on any atom is -0.361 e. The van der Waals surface area contributed by atoms with E-state index in [4.69, 9.17) is 0 Å². The zero-order valence-electron chi connectivity index (χ0n) is 30.8. The molecule has 8 fully saturated rings. The highest BCUT2D eigenvalue weighted by Gasteiger charge is 2.69. The lowest BCUT2D eigenvalue weighted by Gasteiger charge is -2.72. The van der Waals surface area contributed by atoms with E-state index in [-0.39, 0.29) is 5.16 Å². The molecule has 1 atom stereocenters. The summed E-state index contributed by atoms with van der Waals surface area (Å²) in [4.78, 5) is 7.44. The molecule has 0 radical (unpaired) electrons. The highest BCUT2D eigenvalue weighted by Crippen LogP contribution is 2.78. The molecule has 2 heterocycles. The number of aromatic nitrogens is 2. The summed E-state index contributed by atoms with van der Waals surface area (Å²) in [5, 5.41) is 3.75. The second kappa shape index (κ2) is 11.3. The van der Waals surface area contributed by atoms with Gasteiger partial charge in [-0.2, -0.15) is 0 Å². The van der Waals surface area contributed by atoms with E-state index in [1.807, 2.05) is 10.8 Å². The first-order valence-electron chi connectivity index (χ1n) is 19.8. The third kappa shape index (κ3) is 5.10. The van der Waals surface area contributed by atoms with Gasteiger partial charge < -0.3 is 9.97 Å². The predicted octanol–water partition coefficient (Wildman–Crippen LogP) is 9.57. The van der Waals surface area contributed by atoms with Gasteiger partial charge in [0.1, 0.15) is 0 Å². The molecule has 48 heavy (non-hydrogen) atoms. The number of H-pyrrole nitrogens is 2. The van der Waals surface area contributed by atoms with Crippen LogP contribution in [0.3, 0.4) is 0 Å². The Balaban J connectivity index is 1.32. The minimum absolute atomic E-state index is 0.167. The summed E-state index contributed by atoms with van der Waals surface area (Å²) >= 11 is 0. The second-order valence-corrected chi connectivity index (χ2v) is 33.5. The van der Waals surface area contributed by atoms with Crippen molar-refractivity contribution in [3.05, 3.63) is 59.9 Å². The van der Waals surface area contributed by atoms with Gasteiger partial charge in [-0.05, 0) is 167 Å². The first kappa shape index (κ1) is 32.9. The first-order chi connectivity index (χ1) is 22.8.